The first-order valence-corrected chi connectivity index (χ1v) is 10.2. The average molecular weight is 434 g/mol. The predicted molar refractivity (Wildman–Crippen MR) is 118 cm³/mol. The van der Waals surface area contributed by atoms with Crippen molar-refractivity contribution in [2.75, 3.05) is 7.11 Å². The van der Waals surface area contributed by atoms with E-state index in [0.29, 0.717) is 17.1 Å². The lowest BCUT2D eigenvalue weighted by atomic mass is 10.0. The van der Waals surface area contributed by atoms with Gasteiger partial charge in [0.2, 0.25) is 5.91 Å². The third kappa shape index (κ3) is 4.85. The van der Waals surface area contributed by atoms with Crippen LogP contribution >= 0.6 is 0 Å². The first kappa shape index (κ1) is 21.3. The number of rotatable bonds is 7. The van der Waals surface area contributed by atoms with Gasteiger partial charge in [0, 0.05) is 24.2 Å². The predicted octanol–water partition coefficient (Wildman–Crippen LogP) is 3.12. The zero-order chi connectivity index (χ0) is 22.7. The van der Waals surface area contributed by atoms with Gasteiger partial charge in [-0.1, -0.05) is 24.3 Å². The fourth-order valence-electron chi connectivity index (χ4n) is 3.64. The first-order chi connectivity index (χ1) is 15.4. The van der Waals surface area contributed by atoms with Gasteiger partial charge in [0.25, 0.3) is 5.56 Å². The van der Waals surface area contributed by atoms with Gasteiger partial charge < -0.3 is 10.1 Å². The molecule has 0 saturated heterocycles. The number of hydrogen-bond donors (Lipinski definition) is 2. The van der Waals surface area contributed by atoms with Crippen molar-refractivity contribution >= 4 is 11.6 Å². The van der Waals surface area contributed by atoms with Crippen LogP contribution in [0.1, 0.15) is 28.6 Å². The van der Waals surface area contributed by atoms with Crippen LogP contribution in [-0.2, 0) is 17.6 Å². The second kappa shape index (κ2) is 9.05. The van der Waals surface area contributed by atoms with Gasteiger partial charge >= 0.3 is 0 Å². The van der Waals surface area contributed by atoms with Crippen molar-refractivity contribution in [2.45, 2.75) is 25.8 Å². The highest BCUT2D eigenvalue weighted by Gasteiger charge is 2.18. The lowest BCUT2D eigenvalue weighted by Gasteiger charge is -2.19. The molecule has 2 aromatic heterocycles. The van der Waals surface area contributed by atoms with E-state index in [9.17, 15) is 14.0 Å². The Bertz CT molecular complexity index is 1310. The third-order valence-electron chi connectivity index (χ3n) is 5.15. The number of benzene rings is 2. The molecule has 2 heterocycles. The van der Waals surface area contributed by atoms with Crippen LogP contribution in [0, 0.1) is 12.7 Å². The molecule has 2 aromatic carbocycles. The number of hydrogen-bond acceptors (Lipinski definition) is 4. The molecule has 0 aliphatic heterocycles. The number of aromatic amines is 1. The van der Waals surface area contributed by atoms with E-state index < -0.39 is 6.04 Å². The molecule has 1 atom stereocenters. The number of amides is 1. The summed E-state index contributed by atoms with van der Waals surface area (Å²) in [6.07, 6.45) is 0.437. The summed E-state index contributed by atoms with van der Waals surface area (Å²) in [6, 6.07) is 16.0. The molecule has 164 valence electrons. The topological polar surface area (TPSA) is 88.5 Å². The van der Waals surface area contributed by atoms with E-state index in [2.05, 4.69) is 15.4 Å². The van der Waals surface area contributed by atoms with Crippen molar-refractivity contribution in [3.05, 3.63) is 99.3 Å². The van der Waals surface area contributed by atoms with Crippen LogP contribution in [0.25, 0.3) is 5.65 Å². The Hall–Kier alpha value is -3.94. The summed E-state index contributed by atoms with van der Waals surface area (Å²) in [6.45, 7) is 1.84. The molecule has 1 amide bonds. The average Bonchev–Trinajstić information content (AvgIpc) is 3.15. The zero-order valence-corrected chi connectivity index (χ0v) is 17.8. The lowest BCUT2D eigenvalue weighted by Crippen LogP contribution is -2.32. The maximum Gasteiger partial charge on any atom is 0.272 e. The number of carbonyl (C=O) groups is 1. The second-order valence-corrected chi connectivity index (χ2v) is 7.62. The van der Waals surface area contributed by atoms with Crippen molar-refractivity contribution in [1.82, 2.24) is 19.9 Å². The highest BCUT2D eigenvalue weighted by Crippen LogP contribution is 2.19. The molecule has 0 saturated carbocycles. The van der Waals surface area contributed by atoms with E-state index >= 15 is 0 Å². The Labute approximate surface area is 183 Å². The molecular formula is C24H23FN4O3. The zero-order valence-electron chi connectivity index (χ0n) is 17.8. The van der Waals surface area contributed by atoms with E-state index in [0.717, 1.165) is 16.8 Å². The molecule has 0 aliphatic rings. The standard InChI is InChI=1S/C24H23FN4O3/c1-15-10-22-26-19(14-24(31)29(22)28-15)13-21(17-6-8-18(25)9-7-17)27-23(30)12-16-4-3-5-20(11-16)32-2/h3-11,14,21,28H,12-13H2,1-2H3,(H,27,30)/t21-/m1/s1. The number of ether oxygens (including phenoxy) is 1. The van der Waals surface area contributed by atoms with Gasteiger partial charge in [0.15, 0.2) is 5.65 Å². The van der Waals surface area contributed by atoms with Crippen molar-refractivity contribution in [2.24, 2.45) is 0 Å². The number of methoxy groups -OCH3 is 1. The Morgan fingerprint density at radius 3 is 2.72 bits per heavy atom. The Kier molecular flexibility index (Phi) is 6.02. The lowest BCUT2D eigenvalue weighted by molar-refractivity contribution is -0.121. The van der Waals surface area contributed by atoms with E-state index in [4.69, 9.17) is 4.74 Å². The number of nitrogens with one attached hydrogen (secondary N) is 2. The normalized spacial score (nSPS) is 12.0. The molecule has 4 aromatic rings. The minimum absolute atomic E-state index is 0.154. The van der Waals surface area contributed by atoms with Crippen LogP contribution in [0.3, 0.4) is 0 Å². The molecule has 7 nitrogen and oxygen atoms in total. The fraction of sp³-hybridized carbons (Fsp3) is 0.208. The number of fused-ring (bicyclic) bond motifs is 1. The molecule has 0 fully saturated rings. The van der Waals surface area contributed by atoms with Crippen LogP contribution in [0.5, 0.6) is 5.75 Å². The molecule has 8 heteroatoms. The SMILES string of the molecule is COc1cccc(CC(=O)N[C@H](Cc2cc(=O)n3[nH]c(C)cc3n2)c2ccc(F)cc2)c1. The Morgan fingerprint density at radius 2 is 1.97 bits per heavy atom. The summed E-state index contributed by atoms with van der Waals surface area (Å²) in [7, 11) is 1.57. The van der Waals surface area contributed by atoms with Crippen LogP contribution in [0.4, 0.5) is 4.39 Å². The molecule has 0 bridgehead atoms. The van der Waals surface area contributed by atoms with Gasteiger partial charge in [-0.3, -0.25) is 14.7 Å². The molecule has 0 radical (unpaired) electrons. The molecule has 32 heavy (non-hydrogen) atoms. The van der Waals surface area contributed by atoms with Gasteiger partial charge in [-0.15, -0.1) is 0 Å². The summed E-state index contributed by atoms with van der Waals surface area (Å²) < 4.78 is 20.1. The summed E-state index contributed by atoms with van der Waals surface area (Å²) in [5.41, 5.74) is 3.14. The Balaban J connectivity index is 1.59. The van der Waals surface area contributed by atoms with Crippen molar-refractivity contribution in [1.29, 1.82) is 0 Å². The smallest absolute Gasteiger partial charge is 0.272 e. The maximum atomic E-state index is 13.5. The summed E-state index contributed by atoms with van der Waals surface area (Å²) >= 11 is 0. The quantitative estimate of drug-likeness (QED) is 0.468. The van der Waals surface area contributed by atoms with Crippen molar-refractivity contribution in [3.8, 4) is 5.75 Å². The molecule has 4 rings (SSSR count). The monoisotopic (exact) mass is 434 g/mol. The molecule has 2 N–H and O–H groups in total. The molecule has 0 aliphatic carbocycles. The minimum Gasteiger partial charge on any atom is -0.497 e. The third-order valence-corrected chi connectivity index (χ3v) is 5.15. The number of nitrogens with zero attached hydrogens (tertiary/aromatic N) is 2. The second-order valence-electron chi connectivity index (χ2n) is 7.62. The van der Waals surface area contributed by atoms with Gasteiger partial charge in [-0.2, -0.15) is 0 Å². The van der Waals surface area contributed by atoms with Crippen molar-refractivity contribution in [3.63, 3.8) is 0 Å². The van der Waals surface area contributed by atoms with Crippen LogP contribution < -0.4 is 15.6 Å². The summed E-state index contributed by atoms with van der Waals surface area (Å²) in [5, 5.41) is 5.94. The van der Waals surface area contributed by atoms with E-state index in [-0.39, 0.29) is 30.1 Å². The number of carbonyl (C=O) groups excluding carboxylic acids is 1. The highest BCUT2D eigenvalue weighted by atomic mass is 19.1. The van der Waals surface area contributed by atoms with E-state index in [1.165, 1.54) is 22.7 Å². The highest BCUT2D eigenvalue weighted by molar-refractivity contribution is 5.79. The van der Waals surface area contributed by atoms with Crippen molar-refractivity contribution < 1.29 is 13.9 Å². The largest absolute Gasteiger partial charge is 0.497 e. The summed E-state index contributed by atoms with van der Waals surface area (Å²) in [5.74, 6) is 0.101. The molecule has 0 unspecified atom stereocenters. The van der Waals surface area contributed by atoms with Crippen LogP contribution in [0.2, 0.25) is 0 Å². The van der Waals surface area contributed by atoms with Gasteiger partial charge in [-0.05, 0) is 42.3 Å². The van der Waals surface area contributed by atoms with E-state index in [1.807, 2.05) is 25.1 Å². The van der Waals surface area contributed by atoms with Crippen LogP contribution in [0.15, 0.2) is 65.5 Å². The number of H-pyrrole nitrogens is 1. The number of aryl methyl sites for hydroxylation is 1. The maximum absolute atomic E-state index is 13.5. The fourth-order valence-corrected chi connectivity index (χ4v) is 3.64. The summed E-state index contributed by atoms with van der Waals surface area (Å²) in [4.78, 5) is 29.8. The minimum atomic E-state index is -0.483. The first-order valence-electron chi connectivity index (χ1n) is 10.2. The van der Waals surface area contributed by atoms with Gasteiger partial charge in [0.1, 0.15) is 11.6 Å². The number of halogens is 1. The Morgan fingerprint density at radius 1 is 1.19 bits per heavy atom. The van der Waals surface area contributed by atoms with Crippen LogP contribution in [-0.4, -0.2) is 27.6 Å². The molecule has 0 spiro atoms. The van der Waals surface area contributed by atoms with Gasteiger partial charge in [-0.25, -0.2) is 13.9 Å². The molecular weight excluding hydrogens is 411 g/mol. The van der Waals surface area contributed by atoms with E-state index in [1.54, 1.807) is 31.4 Å². The van der Waals surface area contributed by atoms with Gasteiger partial charge in [0.05, 0.1) is 25.3 Å². The number of aromatic nitrogens is 3.